The quantitative estimate of drug-likeness (QED) is 0.795. The lowest BCUT2D eigenvalue weighted by atomic mass is 10.1. The van der Waals surface area contributed by atoms with Crippen LogP contribution in [0.15, 0.2) is 23.6 Å². The average molecular weight is 268 g/mol. The predicted molar refractivity (Wildman–Crippen MR) is 65.4 cm³/mol. The number of carbonyl (C=O) groups is 1. The van der Waals surface area contributed by atoms with Gasteiger partial charge in [0.1, 0.15) is 17.4 Å². The van der Waals surface area contributed by atoms with Gasteiger partial charge in [0, 0.05) is 11.4 Å². The second kappa shape index (κ2) is 4.86. The predicted octanol–water partition coefficient (Wildman–Crippen LogP) is 3.57. The van der Waals surface area contributed by atoms with Crippen LogP contribution in [-0.4, -0.2) is 12.9 Å². The summed E-state index contributed by atoms with van der Waals surface area (Å²) in [4.78, 5) is 12.3. The number of ether oxygens (including phenoxy) is 1. The third-order valence-electron chi connectivity index (χ3n) is 2.53. The molecule has 0 aliphatic rings. The summed E-state index contributed by atoms with van der Waals surface area (Å²) in [6.45, 7) is 1.45. The number of hydrogen-bond acceptors (Lipinski definition) is 3. The standard InChI is InChI=1S/C13H10F2O2S/c1-7-3-11(15)9(5-10(7)14)13(16)12-4-8(17-2)6-18-12/h3-6H,1-2H3. The lowest BCUT2D eigenvalue weighted by molar-refractivity contribution is 0.103. The van der Waals surface area contributed by atoms with E-state index < -0.39 is 17.4 Å². The van der Waals surface area contributed by atoms with Crippen molar-refractivity contribution in [1.82, 2.24) is 0 Å². The summed E-state index contributed by atoms with van der Waals surface area (Å²) in [5.74, 6) is -1.33. The Balaban J connectivity index is 2.42. The van der Waals surface area contributed by atoms with Crippen LogP contribution in [0.1, 0.15) is 20.8 Å². The molecule has 0 unspecified atom stereocenters. The second-order valence-corrected chi connectivity index (χ2v) is 4.67. The molecule has 0 radical (unpaired) electrons. The highest BCUT2D eigenvalue weighted by atomic mass is 32.1. The van der Waals surface area contributed by atoms with Crippen molar-refractivity contribution < 1.29 is 18.3 Å². The minimum absolute atomic E-state index is 0.174. The minimum atomic E-state index is -0.716. The van der Waals surface area contributed by atoms with Crippen LogP contribution in [0, 0.1) is 18.6 Å². The highest BCUT2D eigenvalue weighted by Gasteiger charge is 2.18. The van der Waals surface area contributed by atoms with E-state index in [1.807, 2.05) is 0 Å². The molecule has 0 atom stereocenters. The van der Waals surface area contributed by atoms with Crippen LogP contribution in [0.5, 0.6) is 5.75 Å². The molecule has 0 N–H and O–H groups in total. The number of carbonyl (C=O) groups excluding carboxylic acids is 1. The molecule has 0 saturated heterocycles. The molecule has 0 fully saturated rings. The highest BCUT2D eigenvalue weighted by molar-refractivity contribution is 7.12. The molecule has 18 heavy (non-hydrogen) atoms. The van der Waals surface area contributed by atoms with Crippen LogP contribution >= 0.6 is 11.3 Å². The molecule has 0 spiro atoms. The molecule has 0 aliphatic heterocycles. The highest BCUT2D eigenvalue weighted by Crippen LogP contribution is 2.25. The van der Waals surface area contributed by atoms with Gasteiger partial charge in [0.2, 0.25) is 5.78 Å². The summed E-state index contributed by atoms with van der Waals surface area (Å²) in [7, 11) is 1.47. The van der Waals surface area contributed by atoms with Crippen LogP contribution < -0.4 is 4.74 Å². The van der Waals surface area contributed by atoms with Gasteiger partial charge in [-0.15, -0.1) is 11.3 Å². The van der Waals surface area contributed by atoms with E-state index in [1.54, 1.807) is 5.38 Å². The molecule has 0 bridgehead atoms. The first-order valence-corrected chi connectivity index (χ1v) is 6.03. The van der Waals surface area contributed by atoms with Crippen molar-refractivity contribution in [3.63, 3.8) is 0 Å². The van der Waals surface area contributed by atoms with Crippen molar-refractivity contribution in [3.05, 3.63) is 51.2 Å². The Morgan fingerprint density at radius 3 is 2.56 bits per heavy atom. The first kappa shape index (κ1) is 12.7. The molecular formula is C13H10F2O2S. The van der Waals surface area contributed by atoms with Gasteiger partial charge in [-0.1, -0.05) is 0 Å². The zero-order valence-corrected chi connectivity index (χ0v) is 10.6. The van der Waals surface area contributed by atoms with E-state index in [0.717, 1.165) is 23.5 Å². The largest absolute Gasteiger partial charge is 0.496 e. The van der Waals surface area contributed by atoms with Crippen molar-refractivity contribution in [3.8, 4) is 5.75 Å². The molecular weight excluding hydrogens is 258 g/mol. The third-order valence-corrected chi connectivity index (χ3v) is 3.44. The van der Waals surface area contributed by atoms with Crippen LogP contribution in [-0.2, 0) is 0 Å². The van der Waals surface area contributed by atoms with Gasteiger partial charge in [-0.2, -0.15) is 0 Å². The van der Waals surface area contributed by atoms with Gasteiger partial charge in [-0.25, -0.2) is 8.78 Å². The maximum Gasteiger partial charge on any atom is 0.206 e. The smallest absolute Gasteiger partial charge is 0.206 e. The van der Waals surface area contributed by atoms with Gasteiger partial charge < -0.3 is 4.74 Å². The summed E-state index contributed by atoms with van der Waals surface area (Å²) >= 11 is 1.13. The van der Waals surface area contributed by atoms with Crippen molar-refractivity contribution in [2.45, 2.75) is 6.92 Å². The van der Waals surface area contributed by atoms with Gasteiger partial charge in [0.05, 0.1) is 17.6 Å². The molecule has 0 saturated carbocycles. The zero-order valence-electron chi connectivity index (χ0n) is 9.79. The van der Waals surface area contributed by atoms with Crippen molar-refractivity contribution in [2.24, 2.45) is 0 Å². The van der Waals surface area contributed by atoms with E-state index in [1.165, 1.54) is 20.1 Å². The number of halogens is 2. The van der Waals surface area contributed by atoms with Crippen molar-refractivity contribution in [2.75, 3.05) is 7.11 Å². The van der Waals surface area contributed by atoms with E-state index >= 15 is 0 Å². The van der Waals surface area contributed by atoms with Crippen LogP contribution in [0.3, 0.4) is 0 Å². The lowest BCUT2D eigenvalue weighted by Gasteiger charge is -2.03. The summed E-state index contributed by atoms with van der Waals surface area (Å²) in [5.41, 5.74) is -0.0876. The number of ketones is 1. The topological polar surface area (TPSA) is 26.3 Å². The Kier molecular flexibility index (Phi) is 3.43. The Bertz CT molecular complexity index is 605. The van der Waals surface area contributed by atoms with E-state index in [0.29, 0.717) is 10.6 Å². The maximum atomic E-state index is 13.6. The van der Waals surface area contributed by atoms with Crippen molar-refractivity contribution in [1.29, 1.82) is 0 Å². The minimum Gasteiger partial charge on any atom is -0.496 e. The SMILES string of the molecule is COc1csc(C(=O)c2cc(F)c(C)cc2F)c1. The zero-order chi connectivity index (χ0) is 13.3. The van der Waals surface area contributed by atoms with Gasteiger partial charge in [-0.3, -0.25) is 4.79 Å². The Morgan fingerprint density at radius 1 is 1.22 bits per heavy atom. The molecule has 1 aromatic heterocycles. The third kappa shape index (κ3) is 2.26. The molecule has 0 amide bonds. The molecule has 94 valence electrons. The average Bonchev–Trinajstić information content (AvgIpc) is 2.81. The number of hydrogen-bond donors (Lipinski definition) is 0. The van der Waals surface area contributed by atoms with E-state index in [-0.39, 0.29) is 11.1 Å². The molecule has 1 aromatic carbocycles. The molecule has 2 aromatic rings. The second-order valence-electron chi connectivity index (χ2n) is 3.76. The molecule has 0 aliphatic carbocycles. The molecule has 1 heterocycles. The number of thiophene rings is 1. The van der Waals surface area contributed by atoms with Gasteiger partial charge in [-0.05, 0) is 24.6 Å². The Hall–Kier alpha value is -1.75. The summed E-state index contributed by atoms with van der Waals surface area (Å²) in [5, 5.41) is 1.63. The van der Waals surface area contributed by atoms with Crippen molar-refractivity contribution >= 4 is 17.1 Å². The number of rotatable bonds is 3. The summed E-state index contributed by atoms with van der Waals surface area (Å²) in [6.07, 6.45) is 0. The normalized spacial score (nSPS) is 10.4. The fourth-order valence-electron chi connectivity index (χ4n) is 1.50. The molecule has 2 nitrogen and oxygen atoms in total. The number of aryl methyl sites for hydroxylation is 1. The van der Waals surface area contributed by atoms with Gasteiger partial charge in [0.25, 0.3) is 0 Å². The first-order chi connectivity index (χ1) is 8.52. The van der Waals surface area contributed by atoms with Crippen LogP contribution in [0.2, 0.25) is 0 Å². The monoisotopic (exact) mass is 268 g/mol. The first-order valence-electron chi connectivity index (χ1n) is 5.16. The summed E-state index contributed by atoms with van der Waals surface area (Å²) < 4.78 is 32.0. The number of benzene rings is 1. The molecule has 5 heteroatoms. The summed E-state index contributed by atoms with van der Waals surface area (Å²) in [6, 6.07) is 3.46. The molecule has 2 rings (SSSR count). The van der Waals surface area contributed by atoms with Crippen LogP contribution in [0.25, 0.3) is 0 Å². The number of methoxy groups -OCH3 is 1. The fraction of sp³-hybridized carbons (Fsp3) is 0.154. The maximum absolute atomic E-state index is 13.6. The lowest BCUT2D eigenvalue weighted by Crippen LogP contribution is -2.04. The van der Waals surface area contributed by atoms with E-state index in [4.69, 9.17) is 4.74 Å². The fourth-order valence-corrected chi connectivity index (χ4v) is 2.31. The van der Waals surface area contributed by atoms with Gasteiger partial charge >= 0.3 is 0 Å². The van der Waals surface area contributed by atoms with E-state index in [9.17, 15) is 13.6 Å². The van der Waals surface area contributed by atoms with Crippen LogP contribution in [0.4, 0.5) is 8.78 Å². The van der Waals surface area contributed by atoms with E-state index in [2.05, 4.69) is 0 Å². The Labute approximate surface area is 107 Å². The Morgan fingerprint density at radius 2 is 1.94 bits per heavy atom. The van der Waals surface area contributed by atoms with Gasteiger partial charge in [0.15, 0.2) is 0 Å².